The van der Waals surface area contributed by atoms with Gasteiger partial charge in [-0.05, 0) is 40.4 Å². The van der Waals surface area contributed by atoms with E-state index in [9.17, 15) is 4.79 Å². The molecule has 0 spiro atoms. The van der Waals surface area contributed by atoms with Crippen molar-refractivity contribution in [1.29, 1.82) is 0 Å². The first-order valence-corrected chi connectivity index (χ1v) is 5.48. The van der Waals surface area contributed by atoms with E-state index in [-0.39, 0.29) is 0 Å². The van der Waals surface area contributed by atoms with Crippen molar-refractivity contribution in [3.63, 3.8) is 0 Å². The third-order valence-electron chi connectivity index (χ3n) is 2.99. The zero-order chi connectivity index (χ0) is 10.6. The maximum Gasteiger partial charge on any atom is 0.131 e. The van der Waals surface area contributed by atoms with Gasteiger partial charge >= 0.3 is 0 Å². The second-order valence-corrected chi connectivity index (χ2v) is 4.51. The summed E-state index contributed by atoms with van der Waals surface area (Å²) in [6.45, 7) is 4.91. The predicted octanol–water partition coefficient (Wildman–Crippen LogP) is 0.992. The molecule has 0 radical (unpaired) electrons. The van der Waals surface area contributed by atoms with Gasteiger partial charge in [0.25, 0.3) is 0 Å². The maximum absolute atomic E-state index is 10.9. The first-order valence-electron chi connectivity index (χ1n) is 5.48. The van der Waals surface area contributed by atoms with Gasteiger partial charge in [-0.2, -0.15) is 0 Å². The number of likely N-dealkylation sites (N-methyl/N-ethyl adjacent to an activating group) is 1. The number of piperidine rings is 1. The third-order valence-corrected chi connectivity index (χ3v) is 2.99. The summed E-state index contributed by atoms with van der Waals surface area (Å²) in [4.78, 5) is 15.6. The number of rotatable bonds is 4. The van der Waals surface area contributed by atoms with Crippen LogP contribution in [0, 0.1) is 0 Å². The second-order valence-electron chi connectivity index (χ2n) is 4.51. The van der Waals surface area contributed by atoms with Crippen LogP contribution in [0.5, 0.6) is 0 Å². The zero-order valence-corrected chi connectivity index (χ0v) is 9.62. The van der Waals surface area contributed by atoms with Gasteiger partial charge in [-0.15, -0.1) is 0 Å². The van der Waals surface area contributed by atoms with Crippen molar-refractivity contribution >= 4 is 5.78 Å². The molecule has 0 aromatic rings. The fourth-order valence-electron chi connectivity index (χ4n) is 1.97. The quantitative estimate of drug-likeness (QED) is 0.673. The molecular formula is C11H22N2O. The lowest BCUT2D eigenvalue weighted by Crippen LogP contribution is -2.45. The van der Waals surface area contributed by atoms with Crippen LogP contribution in [0.4, 0.5) is 0 Å². The number of likely N-dealkylation sites (tertiary alicyclic amines) is 1. The summed E-state index contributed by atoms with van der Waals surface area (Å²) >= 11 is 0. The van der Waals surface area contributed by atoms with Gasteiger partial charge in [-0.3, -0.25) is 4.79 Å². The van der Waals surface area contributed by atoms with E-state index in [2.05, 4.69) is 23.9 Å². The molecule has 1 heterocycles. The van der Waals surface area contributed by atoms with Crippen LogP contribution in [0.3, 0.4) is 0 Å². The Labute approximate surface area is 87.1 Å². The van der Waals surface area contributed by atoms with Crippen LogP contribution >= 0.6 is 0 Å². The average molecular weight is 198 g/mol. The Morgan fingerprint density at radius 3 is 2.79 bits per heavy atom. The molecule has 0 amide bonds. The Morgan fingerprint density at radius 2 is 2.21 bits per heavy atom. The molecule has 0 aromatic heterocycles. The van der Waals surface area contributed by atoms with E-state index in [0.29, 0.717) is 18.2 Å². The van der Waals surface area contributed by atoms with E-state index in [1.807, 2.05) is 0 Å². The van der Waals surface area contributed by atoms with E-state index in [0.717, 1.165) is 19.6 Å². The van der Waals surface area contributed by atoms with Gasteiger partial charge in [0.15, 0.2) is 0 Å². The standard InChI is InChI=1S/C11H22N2O/c1-10(14)6-8-13-7-4-5-11(9-13)12(2)3/h11H,4-9H2,1-3H3. The summed E-state index contributed by atoms with van der Waals surface area (Å²) in [5, 5.41) is 0. The number of ketones is 1. The van der Waals surface area contributed by atoms with Crippen molar-refractivity contribution in [2.45, 2.75) is 32.2 Å². The molecule has 0 aromatic carbocycles. The average Bonchev–Trinajstić information content (AvgIpc) is 2.15. The highest BCUT2D eigenvalue weighted by Crippen LogP contribution is 2.13. The molecule has 0 aliphatic carbocycles. The molecule has 1 rings (SSSR count). The summed E-state index contributed by atoms with van der Waals surface area (Å²) in [6.07, 6.45) is 3.27. The minimum absolute atomic E-state index is 0.303. The molecule has 1 unspecified atom stereocenters. The Kier molecular flexibility index (Phi) is 4.55. The van der Waals surface area contributed by atoms with Gasteiger partial charge in [-0.25, -0.2) is 0 Å². The highest BCUT2D eigenvalue weighted by atomic mass is 16.1. The van der Waals surface area contributed by atoms with Crippen molar-refractivity contribution in [3.05, 3.63) is 0 Å². The van der Waals surface area contributed by atoms with Gasteiger partial charge in [0.05, 0.1) is 0 Å². The normalized spacial score (nSPS) is 24.1. The Balaban J connectivity index is 2.29. The monoisotopic (exact) mass is 198 g/mol. The fourth-order valence-corrected chi connectivity index (χ4v) is 1.97. The minimum atomic E-state index is 0.303. The molecule has 0 N–H and O–H groups in total. The molecule has 1 saturated heterocycles. The SMILES string of the molecule is CC(=O)CCN1CCCC(N(C)C)C1. The second kappa shape index (κ2) is 5.47. The van der Waals surface area contributed by atoms with Gasteiger partial charge < -0.3 is 9.80 Å². The van der Waals surface area contributed by atoms with Crippen molar-refractivity contribution in [2.75, 3.05) is 33.7 Å². The van der Waals surface area contributed by atoms with E-state index in [1.165, 1.54) is 12.8 Å². The largest absolute Gasteiger partial charge is 0.305 e. The maximum atomic E-state index is 10.9. The van der Waals surface area contributed by atoms with Gasteiger partial charge in [0, 0.05) is 25.6 Å². The molecule has 0 saturated carbocycles. The first-order chi connectivity index (χ1) is 6.59. The lowest BCUT2D eigenvalue weighted by molar-refractivity contribution is -0.117. The van der Waals surface area contributed by atoms with Gasteiger partial charge in [0.2, 0.25) is 0 Å². The van der Waals surface area contributed by atoms with E-state index >= 15 is 0 Å². The van der Waals surface area contributed by atoms with Crippen LogP contribution in [0.25, 0.3) is 0 Å². The van der Waals surface area contributed by atoms with Crippen LogP contribution in [0.1, 0.15) is 26.2 Å². The smallest absolute Gasteiger partial charge is 0.131 e. The molecule has 0 bridgehead atoms. The van der Waals surface area contributed by atoms with Crippen LogP contribution in [-0.4, -0.2) is 55.4 Å². The zero-order valence-electron chi connectivity index (χ0n) is 9.62. The number of nitrogens with zero attached hydrogens (tertiary/aromatic N) is 2. The summed E-state index contributed by atoms with van der Waals surface area (Å²) in [6, 6.07) is 0.677. The number of hydrogen-bond donors (Lipinski definition) is 0. The molecule has 3 nitrogen and oxygen atoms in total. The van der Waals surface area contributed by atoms with Gasteiger partial charge in [-0.1, -0.05) is 0 Å². The number of carbonyl (C=O) groups is 1. The minimum Gasteiger partial charge on any atom is -0.305 e. The predicted molar refractivity (Wildman–Crippen MR) is 58.4 cm³/mol. The van der Waals surface area contributed by atoms with Crippen molar-refractivity contribution in [2.24, 2.45) is 0 Å². The lowest BCUT2D eigenvalue weighted by Gasteiger charge is -2.35. The van der Waals surface area contributed by atoms with E-state index in [1.54, 1.807) is 6.92 Å². The third kappa shape index (κ3) is 3.76. The van der Waals surface area contributed by atoms with Crippen LogP contribution in [0.15, 0.2) is 0 Å². The first kappa shape index (κ1) is 11.7. The molecule has 1 aliphatic rings. The lowest BCUT2D eigenvalue weighted by atomic mass is 10.0. The van der Waals surface area contributed by atoms with E-state index < -0.39 is 0 Å². The van der Waals surface area contributed by atoms with Crippen molar-refractivity contribution in [3.8, 4) is 0 Å². The van der Waals surface area contributed by atoms with Crippen molar-refractivity contribution in [1.82, 2.24) is 9.80 Å². The van der Waals surface area contributed by atoms with Gasteiger partial charge in [0.1, 0.15) is 5.78 Å². The molecule has 1 atom stereocenters. The number of Topliss-reactive ketones (excluding diaryl/α,β-unsaturated/α-hetero) is 1. The molecule has 1 aliphatic heterocycles. The Bertz CT molecular complexity index is 192. The molecule has 3 heteroatoms. The Hall–Kier alpha value is -0.410. The summed E-state index contributed by atoms with van der Waals surface area (Å²) in [5.41, 5.74) is 0. The summed E-state index contributed by atoms with van der Waals surface area (Å²) < 4.78 is 0. The van der Waals surface area contributed by atoms with Crippen LogP contribution < -0.4 is 0 Å². The highest BCUT2D eigenvalue weighted by Gasteiger charge is 2.20. The molecule has 82 valence electrons. The fraction of sp³-hybridized carbons (Fsp3) is 0.909. The summed E-state index contributed by atoms with van der Waals surface area (Å²) in [5.74, 6) is 0.303. The van der Waals surface area contributed by atoms with Crippen molar-refractivity contribution < 1.29 is 4.79 Å². The van der Waals surface area contributed by atoms with Crippen LogP contribution in [0.2, 0.25) is 0 Å². The molecule has 14 heavy (non-hydrogen) atoms. The van der Waals surface area contributed by atoms with Crippen LogP contribution in [-0.2, 0) is 4.79 Å². The molecule has 1 fully saturated rings. The molecular weight excluding hydrogens is 176 g/mol. The highest BCUT2D eigenvalue weighted by molar-refractivity contribution is 5.75. The van der Waals surface area contributed by atoms with E-state index in [4.69, 9.17) is 0 Å². The number of hydrogen-bond acceptors (Lipinski definition) is 3. The Morgan fingerprint density at radius 1 is 1.50 bits per heavy atom. The number of carbonyl (C=O) groups excluding carboxylic acids is 1. The topological polar surface area (TPSA) is 23.6 Å². The summed E-state index contributed by atoms with van der Waals surface area (Å²) in [7, 11) is 4.28.